The lowest BCUT2D eigenvalue weighted by molar-refractivity contribution is 0.0169. The number of aryl methyl sites for hydroxylation is 2. The SMILES string of the molecule is Cc1noc(C)c1CN1CCc2c(C(=O)NC[C@H]3CCCCO3)csc2C1. The van der Waals surface area contributed by atoms with Gasteiger partial charge in [0.15, 0.2) is 0 Å². The van der Waals surface area contributed by atoms with E-state index < -0.39 is 0 Å². The highest BCUT2D eigenvalue weighted by Gasteiger charge is 2.25. The summed E-state index contributed by atoms with van der Waals surface area (Å²) in [5.41, 5.74) is 4.22. The van der Waals surface area contributed by atoms with Crippen LogP contribution in [0.1, 0.15) is 57.1 Å². The second-order valence-corrected chi connectivity index (χ2v) is 8.48. The van der Waals surface area contributed by atoms with E-state index >= 15 is 0 Å². The number of thiophene rings is 1. The molecule has 0 spiro atoms. The summed E-state index contributed by atoms with van der Waals surface area (Å²) >= 11 is 1.69. The van der Waals surface area contributed by atoms with Gasteiger partial charge in [-0.15, -0.1) is 11.3 Å². The Morgan fingerprint density at radius 3 is 3.04 bits per heavy atom. The fourth-order valence-corrected chi connectivity index (χ4v) is 5.05. The monoisotopic (exact) mass is 389 g/mol. The first-order chi connectivity index (χ1) is 13.1. The number of amides is 1. The van der Waals surface area contributed by atoms with Gasteiger partial charge in [-0.25, -0.2) is 0 Å². The molecule has 1 N–H and O–H groups in total. The molecule has 0 aromatic carbocycles. The molecule has 1 fully saturated rings. The van der Waals surface area contributed by atoms with Crippen molar-refractivity contribution in [3.05, 3.63) is 38.4 Å². The largest absolute Gasteiger partial charge is 0.376 e. The summed E-state index contributed by atoms with van der Waals surface area (Å²) in [5.74, 6) is 0.940. The fraction of sp³-hybridized carbons (Fsp3) is 0.600. The zero-order chi connectivity index (χ0) is 18.8. The Kier molecular flexibility index (Phi) is 5.61. The summed E-state index contributed by atoms with van der Waals surface area (Å²) in [5, 5.41) is 9.14. The van der Waals surface area contributed by atoms with Crippen LogP contribution in [-0.4, -0.2) is 41.8 Å². The molecule has 7 heteroatoms. The van der Waals surface area contributed by atoms with Crippen LogP contribution in [-0.2, 0) is 24.2 Å². The maximum Gasteiger partial charge on any atom is 0.252 e. The third-order valence-corrected chi connectivity index (χ3v) is 6.61. The van der Waals surface area contributed by atoms with E-state index in [2.05, 4.69) is 15.4 Å². The third kappa shape index (κ3) is 4.10. The molecule has 2 aliphatic rings. The van der Waals surface area contributed by atoms with Crippen LogP contribution in [0.4, 0.5) is 0 Å². The minimum atomic E-state index is 0.0425. The maximum atomic E-state index is 12.7. The number of ether oxygens (including phenoxy) is 1. The van der Waals surface area contributed by atoms with Crippen LogP contribution in [0.5, 0.6) is 0 Å². The number of nitrogens with one attached hydrogen (secondary N) is 1. The number of rotatable bonds is 5. The Bertz CT molecular complexity index is 788. The van der Waals surface area contributed by atoms with E-state index in [1.54, 1.807) is 11.3 Å². The van der Waals surface area contributed by atoms with Crippen molar-refractivity contribution in [3.8, 4) is 0 Å². The van der Waals surface area contributed by atoms with Gasteiger partial charge in [0.25, 0.3) is 5.91 Å². The van der Waals surface area contributed by atoms with E-state index in [4.69, 9.17) is 9.26 Å². The quantitative estimate of drug-likeness (QED) is 0.850. The molecule has 0 radical (unpaired) electrons. The zero-order valence-corrected chi connectivity index (χ0v) is 16.9. The predicted octanol–water partition coefficient (Wildman–Crippen LogP) is 3.21. The minimum Gasteiger partial charge on any atom is -0.376 e. The number of nitrogens with zero attached hydrogens (tertiary/aromatic N) is 2. The molecule has 0 bridgehead atoms. The standard InChI is InChI=1S/C20H27N3O3S/c1-13-17(14(2)26-22-13)10-23-7-6-16-18(12-27-19(16)11-23)20(24)21-9-15-5-3-4-8-25-15/h12,15H,3-11H2,1-2H3,(H,21,24)/t15-/m1/s1. The molecule has 4 heterocycles. The van der Waals surface area contributed by atoms with E-state index in [0.29, 0.717) is 6.54 Å². The maximum absolute atomic E-state index is 12.7. The molecule has 0 saturated carbocycles. The van der Waals surface area contributed by atoms with Crippen molar-refractivity contribution in [1.82, 2.24) is 15.4 Å². The summed E-state index contributed by atoms with van der Waals surface area (Å²) in [7, 11) is 0. The lowest BCUT2D eigenvalue weighted by Crippen LogP contribution is -2.36. The van der Waals surface area contributed by atoms with Crippen LogP contribution in [0, 0.1) is 13.8 Å². The normalized spacial score (nSPS) is 20.4. The second-order valence-electron chi connectivity index (χ2n) is 7.51. The molecule has 2 aromatic heterocycles. The van der Waals surface area contributed by atoms with Crippen molar-refractivity contribution >= 4 is 17.2 Å². The molecular weight excluding hydrogens is 362 g/mol. The first-order valence-corrected chi connectivity index (χ1v) is 10.6. The molecule has 0 unspecified atom stereocenters. The van der Waals surface area contributed by atoms with Gasteiger partial charge in [0.1, 0.15) is 5.76 Å². The Morgan fingerprint density at radius 1 is 1.41 bits per heavy atom. The van der Waals surface area contributed by atoms with Crippen LogP contribution in [0.2, 0.25) is 0 Å². The van der Waals surface area contributed by atoms with E-state index in [0.717, 1.165) is 62.5 Å². The highest BCUT2D eigenvalue weighted by Crippen LogP contribution is 2.30. The average molecular weight is 390 g/mol. The number of aromatic nitrogens is 1. The highest BCUT2D eigenvalue weighted by molar-refractivity contribution is 7.10. The summed E-state index contributed by atoms with van der Waals surface area (Å²) in [4.78, 5) is 16.4. The van der Waals surface area contributed by atoms with Crippen LogP contribution in [0.15, 0.2) is 9.90 Å². The van der Waals surface area contributed by atoms with Crippen molar-refractivity contribution in [2.45, 2.75) is 58.7 Å². The Morgan fingerprint density at radius 2 is 2.30 bits per heavy atom. The summed E-state index contributed by atoms with van der Waals surface area (Å²) in [6, 6.07) is 0. The van der Waals surface area contributed by atoms with Gasteiger partial charge in [-0.3, -0.25) is 9.69 Å². The Hall–Kier alpha value is -1.70. The van der Waals surface area contributed by atoms with Gasteiger partial charge in [0.05, 0.1) is 17.4 Å². The predicted molar refractivity (Wildman–Crippen MR) is 104 cm³/mol. The molecule has 0 aliphatic carbocycles. The van der Waals surface area contributed by atoms with Crippen molar-refractivity contribution in [3.63, 3.8) is 0 Å². The molecule has 6 nitrogen and oxygen atoms in total. The Balaban J connectivity index is 1.37. The fourth-order valence-electron chi connectivity index (χ4n) is 3.93. The number of fused-ring (bicyclic) bond motifs is 1. The summed E-state index contributed by atoms with van der Waals surface area (Å²) in [6.07, 6.45) is 4.44. The van der Waals surface area contributed by atoms with Crippen LogP contribution in [0.3, 0.4) is 0 Å². The summed E-state index contributed by atoms with van der Waals surface area (Å²) in [6.45, 7) is 8.05. The molecule has 2 aliphatic heterocycles. The molecule has 4 rings (SSSR count). The number of carbonyl (C=O) groups excluding carboxylic acids is 1. The van der Waals surface area contributed by atoms with Gasteiger partial charge in [-0.1, -0.05) is 5.16 Å². The van der Waals surface area contributed by atoms with Gasteiger partial charge in [-0.05, 0) is 45.1 Å². The lowest BCUT2D eigenvalue weighted by atomic mass is 10.0. The van der Waals surface area contributed by atoms with E-state index in [1.807, 2.05) is 19.2 Å². The zero-order valence-electron chi connectivity index (χ0n) is 16.0. The van der Waals surface area contributed by atoms with Crippen LogP contribution in [0.25, 0.3) is 0 Å². The van der Waals surface area contributed by atoms with E-state index in [-0.39, 0.29) is 12.0 Å². The lowest BCUT2D eigenvalue weighted by Gasteiger charge is -2.27. The van der Waals surface area contributed by atoms with Crippen LogP contribution < -0.4 is 5.32 Å². The molecule has 1 amide bonds. The molecule has 1 atom stereocenters. The van der Waals surface area contributed by atoms with E-state index in [9.17, 15) is 4.79 Å². The van der Waals surface area contributed by atoms with E-state index in [1.165, 1.54) is 22.4 Å². The van der Waals surface area contributed by atoms with Crippen LogP contribution >= 0.6 is 11.3 Å². The first kappa shape index (κ1) is 18.7. The molecule has 1 saturated heterocycles. The van der Waals surface area contributed by atoms with Gasteiger partial charge in [0.2, 0.25) is 0 Å². The number of carbonyl (C=O) groups is 1. The third-order valence-electron chi connectivity index (χ3n) is 5.60. The summed E-state index contributed by atoms with van der Waals surface area (Å²) < 4.78 is 11.0. The molecular formula is C20H27N3O3S. The van der Waals surface area contributed by atoms with Gasteiger partial charge < -0.3 is 14.6 Å². The first-order valence-electron chi connectivity index (χ1n) is 9.75. The average Bonchev–Trinajstić information content (AvgIpc) is 3.25. The second kappa shape index (κ2) is 8.12. The number of hydrogen-bond acceptors (Lipinski definition) is 6. The molecule has 27 heavy (non-hydrogen) atoms. The smallest absolute Gasteiger partial charge is 0.252 e. The van der Waals surface area contributed by atoms with Gasteiger partial charge in [-0.2, -0.15) is 0 Å². The Labute approximate surface area is 163 Å². The molecule has 2 aromatic rings. The van der Waals surface area contributed by atoms with Crippen molar-refractivity contribution < 1.29 is 14.1 Å². The van der Waals surface area contributed by atoms with Crippen molar-refractivity contribution in [1.29, 1.82) is 0 Å². The van der Waals surface area contributed by atoms with Gasteiger partial charge in [0, 0.05) is 48.6 Å². The number of hydrogen-bond donors (Lipinski definition) is 1. The topological polar surface area (TPSA) is 67.6 Å². The molecule has 146 valence electrons. The van der Waals surface area contributed by atoms with Crippen molar-refractivity contribution in [2.24, 2.45) is 0 Å². The highest BCUT2D eigenvalue weighted by atomic mass is 32.1. The minimum absolute atomic E-state index is 0.0425. The van der Waals surface area contributed by atoms with Gasteiger partial charge >= 0.3 is 0 Å². The van der Waals surface area contributed by atoms with Crippen molar-refractivity contribution in [2.75, 3.05) is 19.7 Å².